The maximum Gasteiger partial charge on any atom is 0.419 e. The number of ether oxygens (including phenoxy) is 1. The Morgan fingerprint density at radius 3 is 2.93 bits per heavy atom. The van der Waals surface area contributed by atoms with E-state index in [4.69, 9.17) is 20.8 Å². The summed E-state index contributed by atoms with van der Waals surface area (Å²) in [6.07, 6.45) is 4.13. The van der Waals surface area contributed by atoms with Crippen LogP contribution in [0.1, 0.15) is 12.8 Å². The van der Waals surface area contributed by atoms with Crippen molar-refractivity contribution in [2.45, 2.75) is 23.8 Å². The van der Waals surface area contributed by atoms with Gasteiger partial charge in [-0.1, -0.05) is 11.6 Å². The minimum Gasteiger partial charge on any atom is -0.487 e. The Bertz CT molecular complexity index is 1190. The molecule has 0 saturated carbocycles. The van der Waals surface area contributed by atoms with E-state index in [0.717, 1.165) is 6.42 Å². The molecule has 1 aromatic carbocycles. The molecule has 0 bridgehead atoms. The summed E-state index contributed by atoms with van der Waals surface area (Å²) >= 11 is 6.08. The van der Waals surface area contributed by atoms with Crippen molar-refractivity contribution < 1.29 is 17.6 Å². The number of halogens is 1. The van der Waals surface area contributed by atoms with Crippen LogP contribution in [-0.2, 0) is 17.1 Å². The highest BCUT2D eigenvalue weighted by Gasteiger charge is 2.32. The van der Waals surface area contributed by atoms with Gasteiger partial charge >= 0.3 is 5.76 Å². The van der Waals surface area contributed by atoms with Crippen LogP contribution in [0.5, 0.6) is 5.75 Å². The van der Waals surface area contributed by atoms with Crippen molar-refractivity contribution in [3.63, 3.8) is 0 Å². The van der Waals surface area contributed by atoms with Crippen molar-refractivity contribution in [2.75, 3.05) is 13.1 Å². The molecule has 28 heavy (non-hydrogen) atoms. The van der Waals surface area contributed by atoms with Crippen molar-refractivity contribution >= 4 is 32.7 Å². The van der Waals surface area contributed by atoms with Gasteiger partial charge < -0.3 is 9.15 Å². The molecule has 3 aromatic rings. The van der Waals surface area contributed by atoms with Gasteiger partial charge in [0.1, 0.15) is 16.9 Å². The van der Waals surface area contributed by atoms with Gasteiger partial charge in [-0.2, -0.15) is 4.31 Å². The first-order valence-electron chi connectivity index (χ1n) is 8.72. The van der Waals surface area contributed by atoms with Crippen molar-refractivity contribution in [1.82, 2.24) is 13.9 Å². The lowest BCUT2D eigenvalue weighted by molar-refractivity contribution is 0.130. The molecule has 0 N–H and O–H groups in total. The number of aryl methyl sites for hydroxylation is 1. The van der Waals surface area contributed by atoms with E-state index in [2.05, 4.69) is 4.98 Å². The second-order valence-corrected chi connectivity index (χ2v) is 8.95. The standard InChI is InChI=1S/C18H18ClN3O5S/c1-21-15-9-13(4-5-17(15)27-18(21)23)28(24,25)22-8-2-3-12(11-22)26-16-6-7-20-10-14(16)19/h4-7,9-10,12H,2-3,8,11H2,1H3. The van der Waals surface area contributed by atoms with E-state index in [1.54, 1.807) is 12.3 Å². The van der Waals surface area contributed by atoms with Crippen molar-refractivity contribution in [2.24, 2.45) is 7.05 Å². The second kappa shape index (κ2) is 7.23. The van der Waals surface area contributed by atoms with Crippen molar-refractivity contribution in [1.29, 1.82) is 0 Å². The van der Waals surface area contributed by atoms with E-state index in [1.165, 1.54) is 40.3 Å². The lowest BCUT2D eigenvalue weighted by atomic mass is 10.1. The lowest BCUT2D eigenvalue weighted by Gasteiger charge is -2.32. The number of piperidine rings is 1. The first kappa shape index (κ1) is 19.0. The fraction of sp³-hybridized carbons (Fsp3) is 0.333. The van der Waals surface area contributed by atoms with Gasteiger partial charge in [0.2, 0.25) is 10.0 Å². The molecule has 1 aliphatic heterocycles. The predicted molar refractivity (Wildman–Crippen MR) is 103 cm³/mol. The molecule has 4 rings (SSSR count). The molecule has 148 valence electrons. The van der Waals surface area contributed by atoms with Crippen molar-refractivity contribution in [3.8, 4) is 5.75 Å². The van der Waals surface area contributed by atoms with Crippen LogP contribution in [0.25, 0.3) is 11.1 Å². The monoisotopic (exact) mass is 423 g/mol. The molecule has 0 amide bonds. The minimum absolute atomic E-state index is 0.110. The molecule has 10 heteroatoms. The topological polar surface area (TPSA) is 94.6 Å². The fourth-order valence-corrected chi connectivity index (χ4v) is 4.97. The molecule has 3 heterocycles. The lowest BCUT2D eigenvalue weighted by Crippen LogP contribution is -2.44. The van der Waals surface area contributed by atoms with Crippen LogP contribution in [0.4, 0.5) is 0 Å². The van der Waals surface area contributed by atoms with Gasteiger partial charge in [0.25, 0.3) is 0 Å². The van der Waals surface area contributed by atoms with E-state index in [0.29, 0.717) is 34.8 Å². The van der Waals surface area contributed by atoms with E-state index in [1.807, 2.05) is 0 Å². The Kier molecular flexibility index (Phi) is 4.90. The predicted octanol–water partition coefficient (Wildman–Crippen LogP) is 2.41. The van der Waals surface area contributed by atoms with Crippen LogP contribution in [0, 0.1) is 0 Å². The first-order chi connectivity index (χ1) is 13.4. The third-order valence-corrected chi connectivity index (χ3v) is 6.92. The average molecular weight is 424 g/mol. The number of hydrogen-bond donors (Lipinski definition) is 0. The molecule has 8 nitrogen and oxygen atoms in total. The number of pyridine rings is 1. The first-order valence-corrected chi connectivity index (χ1v) is 10.5. The number of hydrogen-bond acceptors (Lipinski definition) is 6. The van der Waals surface area contributed by atoms with Crippen LogP contribution < -0.4 is 10.5 Å². The number of rotatable bonds is 4. The minimum atomic E-state index is -3.75. The highest BCUT2D eigenvalue weighted by atomic mass is 35.5. The number of aromatic nitrogens is 2. The van der Waals surface area contributed by atoms with E-state index < -0.39 is 15.8 Å². The largest absolute Gasteiger partial charge is 0.487 e. The number of benzene rings is 1. The number of oxazole rings is 1. The Morgan fingerprint density at radius 1 is 1.32 bits per heavy atom. The zero-order valence-electron chi connectivity index (χ0n) is 15.0. The fourth-order valence-electron chi connectivity index (χ4n) is 3.27. The Balaban J connectivity index is 1.59. The van der Waals surface area contributed by atoms with Crippen molar-refractivity contribution in [3.05, 3.63) is 52.2 Å². The molecular formula is C18H18ClN3O5S. The molecule has 1 atom stereocenters. The molecule has 1 fully saturated rings. The molecule has 0 aliphatic carbocycles. The van der Waals surface area contributed by atoms with E-state index in [-0.39, 0.29) is 17.5 Å². The van der Waals surface area contributed by atoms with Crippen LogP contribution in [0.15, 0.2) is 50.8 Å². The summed E-state index contributed by atoms with van der Waals surface area (Å²) in [5, 5.41) is 0.383. The quantitative estimate of drug-likeness (QED) is 0.639. The van der Waals surface area contributed by atoms with Gasteiger partial charge in [-0.3, -0.25) is 9.55 Å². The van der Waals surface area contributed by atoms with Gasteiger partial charge in [-0.15, -0.1) is 0 Å². The average Bonchev–Trinajstić information content (AvgIpc) is 2.97. The van der Waals surface area contributed by atoms with Crippen LogP contribution in [-0.4, -0.2) is 41.5 Å². The van der Waals surface area contributed by atoms with Gasteiger partial charge in [0, 0.05) is 32.1 Å². The summed E-state index contributed by atoms with van der Waals surface area (Å²) in [7, 11) is -2.21. The zero-order chi connectivity index (χ0) is 19.9. The van der Waals surface area contributed by atoms with Crippen LogP contribution in [0.2, 0.25) is 5.02 Å². The van der Waals surface area contributed by atoms with Gasteiger partial charge in [-0.25, -0.2) is 13.2 Å². The summed E-state index contributed by atoms with van der Waals surface area (Å²) in [5.41, 5.74) is 0.776. The summed E-state index contributed by atoms with van der Waals surface area (Å²) in [4.78, 5) is 15.7. The Labute approximate surface area is 166 Å². The summed E-state index contributed by atoms with van der Waals surface area (Å²) in [6, 6.07) is 6.06. The maximum atomic E-state index is 13.1. The molecule has 0 spiro atoms. The summed E-state index contributed by atoms with van der Waals surface area (Å²) < 4.78 is 39.9. The van der Waals surface area contributed by atoms with Gasteiger partial charge in [-0.05, 0) is 31.0 Å². The SMILES string of the molecule is Cn1c(=O)oc2ccc(S(=O)(=O)N3CCCC(Oc4ccncc4Cl)C3)cc21. The Morgan fingerprint density at radius 2 is 2.14 bits per heavy atom. The Hall–Kier alpha value is -2.36. The summed E-state index contributed by atoms with van der Waals surface area (Å²) in [6.45, 7) is 0.609. The normalized spacial score (nSPS) is 18.4. The molecule has 2 aromatic heterocycles. The smallest absolute Gasteiger partial charge is 0.419 e. The number of fused-ring (bicyclic) bond motifs is 1. The van der Waals surface area contributed by atoms with E-state index >= 15 is 0 Å². The van der Waals surface area contributed by atoms with Gasteiger partial charge in [0.05, 0.1) is 17.0 Å². The molecule has 0 radical (unpaired) electrons. The zero-order valence-corrected chi connectivity index (χ0v) is 16.6. The highest BCUT2D eigenvalue weighted by molar-refractivity contribution is 7.89. The van der Waals surface area contributed by atoms with Crippen LogP contribution >= 0.6 is 11.6 Å². The third kappa shape index (κ3) is 3.41. The molecular weight excluding hydrogens is 406 g/mol. The number of nitrogens with zero attached hydrogens (tertiary/aromatic N) is 3. The molecule has 1 saturated heterocycles. The molecule has 1 unspecified atom stereocenters. The van der Waals surface area contributed by atoms with Crippen LogP contribution in [0.3, 0.4) is 0 Å². The summed E-state index contributed by atoms with van der Waals surface area (Å²) in [5.74, 6) is -0.0547. The third-order valence-electron chi connectivity index (χ3n) is 4.77. The van der Waals surface area contributed by atoms with Gasteiger partial charge in [0.15, 0.2) is 5.58 Å². The second-order valence-electron chi connectivity index (χ2n) is 6.61. The molecule has 1 aliphatic rings. The van der Waals surface area contributed by atoms with E-state index in [9.17, 15) is 13.2 Å². The maximum absolute atomic E-state index is 13.1. The number of sulfonamides is 1. The highest BCUT2D eigenvalue weighted by Crippen LogP contribution is 2.28.